The lowest BCUT2D eigenvalue weighted by molar-refractivity contribution is 0.0696. The highest BCUT2D eigenvalue weighted by Crippen LogP contribution is 2.24. The summed E-state index contributed by atoms with van der Waals surface area (Å²) in [6.07, 6.45) is -0.00673. The van der Waals surface area contributed by atoms with Crippen molar-refractivity contribution < 1.29 is 22.7 Å². The number of nitrogens with zero attached hydrogens (tertiary/aromatic N) is 2. The standard InChI is InChI=1S/C13H15FN2O4S/c1-3-16(6-4-5-15)21(19,20)12-8-10(13(17)18)7-11(14)9(12)2/h7-8H,3-4,6H2,1-2H3,(H,17,18). The first-order valence-corrected chi connectivity index (χ1v) is 7.60. The fourth-order valence-electron chi connectivity index (χ4n) is 1.81. The van der Waals surface area contributed by atoms with E-state index in [-0.39, 0.29) is 30.0 Å². The third-order valence-corrected chi connectivity index (χ3v) is 5.09. The normalized spacial score (nSPS) is 11.4. The van der Waals surface area contributed by atoms with Crippen molar-refractivity contribution >= 4 is 16.0 Å². The first-order chi connectivity index (χ1) is 9.75. The second-order valence-corrected chi connectivity index (χ2v) is 6.20. The van der Waals surface area contributed by atoms with E-state index in [0.29, 0.717) is 0 Å². The second-order valence-electron chi connectivity index (χ2n) is 4.29. The summed E-state index contributed by atoms with van der Waals surface area (Å²) < 4.78 is 39.7. The van der Waals surface area contributed by atoms with Crippen LogP contribution in [0.15, 0.2) is 17.0 Å². The Morgan fingerprint density at radius 1 is 1.48 bits per heavy atom. The summed E-state index contributed by atoms with van der Waals surface area (Å²) in [5, 5.41) is 17.5. The summed E-state index contributed by atoms with van der Waals surface area (Å²) in [7, 11) is -4.05. The Morgan fingerprint density at radius 3 is 2.57 bits per heavy atom. The van der Waals surface area contributed by atoms with Crippen LogP contribution in [0.25, 0.3) is 0 Å². The Hall–Kier alpha value is -1.98. The molecule has 0 aliphatic rings. The van der Waals surface area contributed by atoms with E-state index >= 15 is 0 Å². The lowest BCUT2D eigenvalue weighted by Crippen LogP contribution is -2.32. The number of hydrogen-bond acceptors (Lipinski definition) is 4. The zero-order chi connectivity index (χ0) is 16.2. The third kappa shape index (κ3) is 3.56. The topological polar surface area (TPSA) is 98.5 Å². The van der Waals surface area contributed by atoms with E-state index in [2.05, 4.69) is 0 Å². The SMILES string of the molecule is CCN(CCC#N)S(=O)(=O)c1cc(C(=O)O)cc(F)c1C. The van der Waals surface area contributed by atoms with Gasteiger partial charge in [0.25, 0.3) is 0 Å². The number of aromatic carboxylic acids is 1. The summed E-state index contributed by atoms with van der Waals surface area (Å²) in [5.41, 5.74) is -0.580. The van der Waals surface area contributed by atoms with Crippen molar-refractivity contribution in [2.24, 2.45) is 0 Å². The molecule has 0 heterocycles. The van der Waals surface area contributed by atoms with Crippen molar-refractivity contribution in [1.82, 2.24) is 4.31 Å². The van der Waals surface area contributed by atoms with Crippen LogP contribution in [0, 0.1) is 24.1 Å². The molecule has 6 nitrogen and oxygen atoms in total. The van der Waals surface area contributed by atoms with Crippen molar-refractivity contribution in [3.63, 3.8) is 0 Å². The van der Waals surface area contributed by atoms with Crippen LogP contribution in [0.1, 0.15) is 29.3 Å². The highest BCUT2D eigenvalue weighted by Gasteiger charge is 2.27. The van der Waals surface area contributed by atoms with Gasteiger partial charge in [0.15, 0.2) is 0 Å². The van der Waals surface area contributed by atoms with E-state index in [4.69, 9.17) is 10.4 Å². The molecule has 1 aromatic carbocycles. The minimum atomic E-state index is -4.05. The number of carboxylic acids is 1. The average Bonchev–Trinajstić information content (AvgIpc) is 2.41. The number of benzene rings is 1. The Balaban J connectivity index is 3.43. The summed E-state index contributed by atoms with van der Waals surface area (Å²) in [6, 6.07) is 3.55. The molecule has 8 heteroatoms. The van der Waals surface area contributed by atoms with Crippen molar-refractivity contribution in [1.29, 1.82) is 5.26 Å². The highest BCUT2D eigenvalue weighted by molar-refractivity contribution is 7.89. The molecule has 0 bridgehead atoms. The lowest BCUT2D eigenvalue weighted by atomic mass is 10.1. The van der Waals surface area contributed by atoms with Crippen LogP contribution in [0.3, 0.4) is 0 Å². The van der Waals surface area contributed by atoms with Gasteiger partial charge in [-0.05, 0) is 19.1 Å². The van der Waals surface area contributed by atoms with Gasteiger partial charge in [0.05, 0.1) is 16.5 Å². The number of sulfonamides is 1. The van der Waals surface area contributed by atoms with Crippen molar-refractivity contribution in [2.75, 3.05) is 13.1 Å². The van der Waals surface area contributed by atoms with Gasteiger partial charge in [0.2, 0.25) is 10.0 Å². The smallest absolute Gasteiger partial charge is 0.335 e. The monoisotopic (exact) mass is 314 g/mol. The summed E-state index contributed by atoms with van der Waals surface area (Å²) in [6.45, 7) is 2.92. The average molecular weight is 314 g/mol. The fourth-order valence-corrected chi connectivity index (χ4v) is 3.52. The molecule has 114 valence electrons. The maximum absolute atomic E-state index is 13.8. The molecular formula is C13H15FN2O4S. The molecule has 0 fully saturated rings. The van der Waals surface area contributed by atoms with Gasteiger partial charge < -0.3 is 5.11 Å². The molecule has 21 heavy (non-hydrogen) atoms. The maximum Gasteiger partial charge on any atom is 0.335 e. The van der Waals surface area contributed by atoms with Crippen LogP contribution in [0.2, 0.25) is 0 Å². The van der Waals surface area contributed by atoms with Crippen LogP contribution in [-0.4, -0.2) is 36.9 Å². The van der Waals surface area contributed by atoms with Crippen LogP contribution in [0.4, 0.5) is 4.39 Å². The van der Waals surface area contributed by atoms with E-state index in [1.54, 1.807) is 6.92 Å². The van der Waals surface area contributed by atoms with E-state index in [1.807, 2.05) is 6.07 Å². The maximum atomic E-state index is 13.8. The van der Waals surface area contributed by atoms with Gasteiger partial charge >= 0.3 is 5.97 Å². The lowest BCUT2D eigenvalue weighted by Gasteiger charge is -2.20. The Morgan fingerprint density at radius 2 is 2.10 bits per heavy atom. The van der Waals surface area contributed by atoms with Gasteiger partial charge in [-0.2, -0.15) is 9.57 Å². The minimum absolute atomic E-state index is 0.00673. The largest absolute Gasteiger partial charge is 0.478 e. The molecular weight excluding hydrogens is 299 g/mol. The summed E-state index contributed by atoms with van der Waals surface area (Å²) >= 11 is 0. The first-order valence-electron chi connectivity index (χ1n) is 6.16. The third-order valence-electron chi connectivity index (χ3n) is 2.99. The zero-order valence-electron chi connectivity index (χ0n) is 11.6. The molecule has 0 aromatic heterocycles. The first kappa shape index (κ1) is 17.1. The van der Waals surface area contributed by atoms with Crippen LogP contribution in [-0.2, 0) is 10.0 Å². The van der Waals surface area contributed by atoms with Gasteiger partial charge in [-0.3, -0.25) is 0 Å². The predicted octanol–water partition coefficient (Wildman–Crippen LogP) is 1.76. The van der Waals surface area contributed by atoms with E-state index < -0.39 is 27.4 Å². The highest BCUT2D eigenvalue weighted by atomic mass is 32.2. The van der Waals surface area contributed by atoms with Crippen molar-refractivity contribution in [3.8, 4) is 6.07 Å². The van der Waals surface area contributed by atoms with E-state index in [1.165, 1.54) is 6.92 Å². The molecule has 0 spiro atoms. The molecule has 0 amide bonds. The summed E-state index contributed by atoms with van der Waals surface area (Å²) in [5.74, 6) is -2.31. The predicted molar refractivity (Wildman–Crippen MR) is 72.8 cm³/mol. The van der Waals surface area contributed by atoms with Crippen LogP contribution >= 0.6 is 0 Å². The second kappa shape index (κ2) is 6.65. The number of rotatable bonds is 6. The molecule has 1 aromatic rings. The zero-order valence-corrected chi connectivity index (χ0v) is 12.4. The number of nitriles is 1. The molecule has 0 saturated carbocycles. The van der Waals surface area contributed by atoms with Crippen LogP contribution in [0.5, 0.6) is 0 Å². The van der Waals surface area contributed by atoms with E-state index in [0.717, 1.165) is 16.4 Å². The number of carbonyl (C=O) groups is 1. The van der Waals surface area contributed by atoms with Crippen molar-refractivity contribution in [3.05, 3.63) is 29.1 Å². The Bertz CT molecular complexity index is 695. The van der Waals surface area contributed by atoms with Crippen LogP contribution < -0.4 is 0 Å². The van der Waals surface area contributed by atoms with Gasteiger partial charge in [-0.15, -0.1) is 0 Å². The molecule has 1 rings (SSSR count). The van der Waals surface area contributed by atoms with Gasteiger partial charge in [0.1, 0.15) is 5.82 Å². The quantitative estimate of drug-likeness (QED) is 0.862. The minimum Gasteiger partial charge on any atom is -0.478 e. The number of hydrogen-bond donors (Lipinski definition) is 1. The molecule has 0 atom stereocenters. The molecule has 0 aliphatic heterocycles. The Labute approximate surface area is 122 Å². The number of halogens is 1. The molecule has 0 radical (unpaired) electrons. The molecule has 0 unspecified atom stereocenters. The number of carboxylic acid groups (broad SMARTS) is 1. The van der Waals surface area contributed by atoms with Crippen molar-refractivity contribution in [2.45, 2.75) is 25.2 Å². The van der Waals surface area contributed by atoms with Gasteiger partial charge in [-0.25, -0.2) is 17.6 Å². The van der Waals surface area contributed by atoms with Gasteiger partial charge in [0, 0.05) is 25.1 Å². The van der Waals surface area contributed by atoms with E-state index in [9.17, 15) is 17.6 Å². The molecule has 1 N–H and O–H groups in total. The fraction of sp³-hybridized carbons (Fsp3) is 0.385. The van der Waals surface area contributed by atoms with Gasteiger partial charge in [-0.1, -0.05) is 6.92 Å². The Kier molecular flexibility index (Phi) is 5.41. The molecule has 0 aliphatic carbocycles. The summed E-state index contributed by atoms with van der Waals surface area (Å²) in [4.78, 5) is 10.5. The molecule has 0 saturated heterocycles.